The molecule has 4 nitrogen and oxygen atoms in total. The molecule has 0 radical (unpaired) electrons. The summed E-state index contributed by atoms with van der Waals surface area (Å²) in [6.45, 7) is 0.829. The summed E-state index contributed by atoms with van der Waals surface area (Å²) in [5.41, 5.74) is 3.91. The minimum absolute atomic E-state index is 0.142. The van der Waals surface area contributed by atoms with E-state index in [0.717, 1.165) is 36.0 Å². The number of amides is 2. The van der Waals surface area contributed by atoms with Crippen LogP contribution in [0, 0.1) is 0 Å². The van der Waals surface area contributed by atoms with E-state index in [9.17, 15) is 9.59 Å². The molecule has 1 atom stereocenters. The van der Waals surface area contributed by atoms with E-state index >= 15 is 0 Å². The van der Waals surface area contributed by atoms with Gasteiger partial charge in [-0.2, -0.15) is 0 Å². The largest absolute Gasteiger partial charge is 0.354 e. The van der Waals surface area contributed by atoms with Crippen molar-refractivity contribution >= 4 is 35.0 Å². The molecule has 192 valence electrons. The van der Waals surface area contributed by atoms with Crippen molar-refractivity contribution in [3.05, 3.63) is 117 Å². The summed E-state index contributed by atoms with van der Waals surface area (Å²) in [4.78, 5) is 29.2. The Labute approximate surface area is 229 Å². The van der Waals surface area contributed by atoms with Crippen molar-refractivity contribution in [1.29, 1.82) is 0 Å². The highest BCUT2D eigenvalue weighted by Gasteiger charge is 2.31. The van der Waals surface area contributed by atoms with Crippen LogP contribution in [0.2, 0.25) is 10.0 Å². The summed E-state index contributed by atoms with van der Waals surface area (Å²) in [6, 6.07) is 23.3. The molecule has 0 saturated carbocycles. The first-order valence-corrected chi connectivity index (χ1v) is 13.5. The maximum Gasteiger partial charge on any atom is 0.247 e. The molecule has 6 heteroatoms. The molecule has 37 heavy (non-hydrogen) atoms. The number of allylic oxidation sites excluding steroid dienone is 1. The van der Waals surface area contributed by atoms with Crippen LogP contribution in [0.15, 0.2) is 90.5 Å². The SMILES string of the molecule is O=C(NCCC1=CCCCC1)[C@@H](c1ccccc1)N(Cc1ccc(Cl)cc1)C(=O)Cc1ccc(Cl)cc1. The van der Waals surface area contributed by atoms with Crippen LogP contribution in [0.4, 0.5) is 0 Å². The van der Waals surface area contributed by atoms with Crippen LogP contribution in [-0.2, 0) is 22.6 Å². The number of halogens is 2. The maximum absolute atomic E-state index is 13.8. The molecule has 3 aromatic carbocycles. The second-order valence-electron chi connectivity index (χ2n) is 9.41. The van der Waals surface area contributed by atoms with Gasteiger partial charge in [0.25, 0.3) is 0 Å². The molecular weight excluding hydrogens is 503 g/mol. The molecule has 1 aliphatic carbocycles. The van der Waals surface area contributed by atoms with E-state index in [1.54, 1.807) is 29.2 Å². The topological polar surface area (TPSA) is 49.4 Å². The van der Waals surface area contributed by atoms with Gasteiger partial charge in [-0.1, -0.05) is 89.4 Å². The summed E-state index contributed by atoms with van der Waals surface area (Å²) >= 11 is 12.1. The highest BCUT2D eigenvalue weighted by Crippen LogP contribution is 2.26. The van der Waals surface area contributed by atoms with E-state index in [-0.39, 0.29) is 24.8 Å². The van der Waals surface area contributed by atoms with Crippen LogP contribution in [0.5, 0.6) is 0 Å². The molecule has 2 amide bonds. The Hall–Kier alpha value is -3.08. The molecule has 0 bridgehead atoms. The van der Waals surface area contributed by atoms with Crippen molar-refractivity contribution in [2.24, 2.45) is 0 Å². The molecule has 0 heterocycles. The van der Waals surface area contributed by atoms with Gasteiger partial charge >= 0.3 is 0 Å². The fraction of sp³-hybridized carbons (Fsp3) is 0.290. The zero-order valence-corrected chi connectivity index (χ0v) is 22.3. The number of benzene rings is 3. The molecule has 0 fully saturated rings. The molecule has 1 aliphatic rings. The van der Waals surface area contributed by atoms with Gasteiger partial charge in [0.05, 0.1) is 6.42 Å². The first-order valence-electron chi connectivity index (χ1n) is 12.8. The van der Waals surface area contributed by atoms with Crippen LogP contribution in [0.3, 0.4) is 0 Å². The number of nitrogens with zero attached hydrogens (tertiary/aromatic N) is 1. The molecule has 0 spiro atoms. The first-order chi connectivity index (χ1) is 18.0. The first kappa shape index (κ1) is 27.0. The van der Waals surface area contributed by atoms with E-state index in [1.165, 1.54) is 18.4 Å². The number of nitrogens with one attached hydrogen (secondary N) is 1. The normalized spacial score (nSPS) is 13.9. The van der Waals surface area contributed by atoms with Crippen molar-refractivity contribution in [2.75, 3.05) is 6.54 Å². The quantitative estimate of drug-likeness (QED) is 0.277. The zero-order valence-electron chi connectivity index (χ0n) is 20.8. The van der Waals surface area contributed by atoms with E-state index in [0.29, 0.717) is 16.6 Å². The number of rotatable bonds is 10. The molecule has 0 aliphatic heterocycles. The van der Waals surface area contributed by atoms with Gasteiger partial charge in [0.2, 0.25) is 11.8 Å². The standard InChI is InChI=1S/C31H32Cl2N2O2/c32-27-15-11-24(12-16-27)21-29(36)35(22-25-13-17-28(33)18-14-25)30(26-9-5-2-6-10-26)31(37)34-20-19-23-7-3-1-4-8-23/h2,5-7,9-18,30H,1,3-4,8,19-22H2,(H,34,37)/t30-/m1/s1. The monoisotopic (exact) mass is 534 g/mol. The van der Waals surface area contributed by atoms with Crippen LogP contribution >= 0.6 is 23.2 Å². The van der Waals surface area contributed by atoms with Gasteiger partial charge in [-0.15, -0.1) is 0 Å². The Bertz CT molecular complexity index is 1210. The van der Waals surface area contributed by atoms with Crippen molar-refractivity contribution in [1.82, 2.24) is 10.2 Å². The third-order valence-electron chi connectivity index (χ3n) is 6.66. The number of carbonyl (C=O) groups excluding carboxylic acids is 2. The van der Waals surface area contributed by atoms with Crippen molar-refractivity contribution in [3.8, 4) is 0 Å². The van der Waals surface area contributed by atoms with Crippen LogP contribution < -0.4 is 5.32 Å². The third kappa shape index (κ3) is 7.95. The molecule has 0 aromatic heterocycles. The zero-order chi connectivity index (χ0) is 26.0. The average molecular weight is 536 g/mol. The Morgan fingerprint density at radius 1 is 0.838 bits per heavy atom. The lowest BCUT2D eigenvalue weighted by molar-refractivity contribution is -0.141. The third-order valence-corrected chi connectivity index (χ3v) is 7.16. The number of hydrogen-bond acceptors (Lipinski definition) is 2. The predicted octanol–water partition coefficient (Wildman–Crippen LogP) is 7.31. The van der Waals surface area contributed by atoms with Crippen molar-refractivity contribution in [3.63, 3.8) is 0 Å². The van der Waals surface area contributed by atoms with E-state index < -0.39 is 6.04 Å². The minimum atomic E-state index is -0.767. The highest BCUT2D eigenvalue weighted by atomic mass is 35.5. The average Bonchev–Trinajstić information content (AvgIpc) is 2.92. The minimum Gasteiger partial charge on any atom is -0.354 e. The fourth-order valence-electron chi connectivity index (χ4n) is 4.67. The summed E-state index contributed by atoms with van der Waals surface area (Å²) in [5, 5.41) is 4.35. The summed E-state index contributed by atoms with van der Waals surface area (Å²) < 4.78 is 0. The van der Waals surface area contributed by atoms with E-state index in [2.05, 4.69) is 11.4 Å². The highest BCUT2D eigenvalue weighted by molar-refractivity contribution is 6.30. The Morgan fingerprint density at radius 3 is 2.11 bits per heavy atom. The van der Waals surface area contributed by atoms with Crippen LogP contribution in [-0.4, -0.2) is 23.3 Å². The Kier molecular flexibility index (Phi) is 9.81. The maximum atomic E-state index is 13.8. The number of carbonyl (C=O) groups is 2. The van der Waals surface area contributed by atoms with Gasteiger partial charge in [-0.05, 0) is 73.1 Å². The number of hydrogen-bond donors (Lipinski definition) is 1. The molecule has 1 N–H and O–H groups in total. The van der Waals surface area contributed by atoms with Crippen LogP contribution in [0.1, 0.15) is 54.8 Å². The molecular formula is C31H32Cl2N2O2. The molecule has 4 rings (SSSR count). The van der Waals surface area contributed by atoms with Crippen LogP contribution in [0.25, 0.3) is 0 Å². The van der Waals surface area contributed by atoms with Gasteiger partial charge in [0.1, 0.15) is 6.04 Å². The van der Waals surface area contributed by atoms with Crippen molar-refractivity contribution in [2.45, 2.75) is 51.1 Å². The molecule has 3 aromatic rings. The second-order valence-corrected chi connectivity index (χ2v) is 10.3. The van der Waals surface area contributed by atoms with Crippen molar-refractivity contribution < 1.29 is 9.59 Å². The summed E-state index contributed by atoms with van der Waals surface area (Å²) in [6.07, 6.45) is 7.95. The van der Waals surface area contributed by atoms with Gasteiger partial charge in [0.15, 0.2) is 0 Å². The van der Waals surface area contributed by atoms with Gasteiger partial charge in [-0.25, -0.2) is 0 Å². The van der Waals surface area contributed by atoms with E-state index in [1.807, 2.05) is 54.6 Å². The summed E-state index contributed by atoms with van der Waals surface area (Å²) in [5.74, 6) is -0.322. The molecule has 0 unspecified atom stereocenters. The van der Waals surface area contributed by atoms with Gasteiger partial charge < -0.3 is 10.2 Å². The smallest absolute Gasteiger partial charge is 0.247 e. The Balaban J connectivity index is 1.60. The Morgan fingerprint density at radius 2 is 1.49 bits per heavy atom. The lowest BCUT2D eigenvalue weighted by Crippen LogP contribution is -2.44. The van der Waals surface area contributed by atoms with Gasteiger partial charge in [-0.3, -0.25) is 9.59 Å². The van der Waals surface area contributed by atoms with E-state index in [4.69, 9.17) is 23.2 Å². The molecule has 0 saturated heterocycles. The summed E-state index contributed by atoms with van der Waals surface area (Å²) in [7, 11) is 0. The predicted molar refractivity (Wildman–Crippen MR) is 151 cm³/mol. The van der Waals surface area contributed by atoms with Gasteiger partial charge in [0, 0.05) is 23.1 Å². The lowest BCUT2D eigenvalue weighted by atomic mass is 9.97. The fourth-order valence-corrected chi connectivity index (χ4v) is 4.92. The second kappa shape index (κ2) is 13.5. The lowest BCUT2D eigenvalue weighted by Gasteiger charge is -2.32.